The van der Waals surface area contributed by atoms with E-state index in [0.717, 1.165) is 19.3 Å². The van der Waals surface area contributed by atoms with Crippen molar-refractivity contribution in [2.75, 3.05) is 6.61 Å². The van der Waals surface area contributed by atoms with Gasteiger partial charge in [0, 0.05) is 0 Å². The first kappa shape index (κ1) is 13.3. The highest BCUT2D eigenvalue weighted by Crippen LogP contribution is 2.29. The minimum Gasteiger partial charge on any atom is -0.430 e. The first-order chi connectivity index (χ1) is 7.72. The zero-order valence-electron chi connectivity index (χ0n) is 10.6. The molecule has 0 aromatic rings. The molecule has 1 fully saturated rings. The molecule has 0 N–H and O–H groups in total. The van der Waals surface area contributed by atoms with Gasteiger partial charge in [-0.3, -0.25) is 0 Å². The van der Waals surface area contributed by atoms with Gasteiger partial charge in [0.1, 0.15) is 12.2 Å². The van der Waals surface area contributed by atoms with Crippen LogP contribution in [0.25, 0.3) is 0 Å². The normalized spacial score (nSPS) is 24.2. The number of hydrogen-bond acceptors (Lipinski definition) is 3. The van der Waals surface area contributed by atoms with E-state index in [9.17, 15) is 4.79 Å². The molecule has 1 saturated heterocycles. The van der Waals surface area contributed by atoms with Crippen molar-refractivity contribution in [1.29, 1.82) is 0 Å². The van der Waals surface area contributed by atoms with Gasteiger partial charge in [-0.15, -0.1) is 0 Å². The SMILES string of the molecule is CCCCCCCCC1(CC)COC(=O)O1. The summed E-state index contributed by atoms with van der Waals surface area (Å²) < 4.78 is 10.2. The summed E-state index contributed by atoms with van der Waals surface area (Å²) in [5.74, 6) is 0. The second-order valence-corrected chi connectivity index (χ2v) is 4.70. The molecule has 1 rings (SSSR count). The van der Waals surface area contributed by atoms with Crippen LogP contribution in [0.5, 0.6) is 0 Å². The predicted molar refractivity (Wildman–Crippen MR) is 63.4 cm³/mol. The van der Waals surface area contributed by atoms with Crippen LogP contribution in [0.4, 0.5) is 4.79 Å². The quantitative estimate of drug-likeness (QED) is 0.464. The van der Waals surface area contributed by atoms with Crippen LogP contribution >= 0.6 is 0 Å². The standard InChI is InChI=1S/C13H24O3/c1-3-5-6-7-8-9-10-13(4-2)11-15-12(14)16-13/h3-11H2,1-2H3. The van der Waals surface area contributed by atoms with E-state index in [1.807, 2.05) is 0 Å². The molecule has 0 amide bonds. The summed E-state index contributed by atoms with van der Waals surface area (Å²) in [6.45, 7) is 4.72. The summed E-state index contributed by atoms with van der Waals surface area (Å²) in [6.07, 6.45) is 8.91. The first-order valence-electron chi connectivity index (χ1n) is 6.58. The molecule has 3 heteroatoms. The van der Waals surface area contributed by atoms with E-state index in [4.69, 9.17) is 9.47 Å². The van der Waals surface area contributed by atoms with Gasteiger partial charge < -0.3 is 9.47 Å². The predicted octanol–water partition coefficient (Wildman–Crippen LogP) is 4.05. The number of carbonyl (C=O) groups excluding carboxylic acids is 1. The van der Waals surface area contributed by atoms with E-state index in [-0.39, 0.29) is 5.60 Å². The van der Waals surface area contributed by atoms with Gasteiger partial charge in [-0.05, 0) is 19.3 Å². The van der Waals surface area contributed by atoms with E-state index >= 15 is 0 Å². The number of cyclic esters (lactones) is 2. The third-order valence-corrected chi connectivity index (χ3v) is 3.38. The van der Waals surface area contributed by atoms with E-state index < -0.39 is 6.16 Å². The Balaban J connectivity index is 2.12. The van der Waals surface area contributed by atoms with Gasteiger partial charge in [-0.2, -0.15) is 0 Å². The van der Waals surface area contributed by atoms with Crippen molar-refractivity contribution in [3.05, 3.63) is 0 Å². The van der Waals surface area contributed by atoms with Crippen LogP contribution in [0, 0.1) is 0 Å². The number of unbranched alkanes of at least 4 members (excludes halogenated alkanes) is 5. The maximum absolute atomic E-state index is 10.9. The lowest BCUT2D eigenvalue weighted by Gasteiger charge is -2.22. The molecular formula is C13H24O3. The Hall–Kier alpha value is -0.730. The monoisotopic (exact) mass is 228 g/mol. The van der Waals surface area contributed by atoms with Gasteiger partial charge in [-0.1, -0.05) is 46.0 Å². The molecule has 0 bridgehead atoms. The van der Waals surface area contributed by atoms with Crippen molar-refractivity contribution in [1.82, 2.24) is 0 Å². The van der Waals surface area contributed by atoms with Crippen LogP contribution in [-0.2, 0) is 9.47 Å². The molecule has 0 saturated carbocycles. The molecule has 16 heavy (non-hydrogen) atoms. The lowest BCUT2D eigenvalue weighted by Crippen LogP contribution is -2.30. The molecule has 0 spiro atoms. The van der Waals surface area contributed by atoms with Crippen molar-refractivity contribution in [3.8, 4) is 0 Å². The summed E-state index contributed by atoms with van der Waals surface area (Å²) in [7, 11) is 0. The second kappa shape index (κ2) is 6.77. The third kappa shape index (κ3) is 4.03. The molecule has 1 aliphatic heterocycles. The molecule has 3 nitrogen and oxygen atoms in total. The molecule has 0 aliphatic carbocycles. The molecule has 1 heterocycles. The lowest BCUT2D eigenvalue weighted by molar-refractivity contribution is 0.0441. The Morgan fingerprint density at radius 3 is 2.38 bits per heavy atom. The Kier molecular flexibility index (Phi) is 5.64. The van der Waals surface area contributed by atoms with Crippen molar-refractivity contribution in [2.24, 2.45) is 0 Å². The average Bonchev–Trinajstić information content (AvgIpc) is 2.66. The van der Waals surface area contributed by atoms with Gasteiger partial charge in [0.2, 0.25) is 0 Å². The Bertz CT molecular complexity index is 215. The highest BCUT2D eigenvalue weighted by molar-refractivity contribution is 5.62. The molecule has 1 atom stereocenters. The van der Waals surface area contributed by atoms with E-state index in [2.05, 4.69) is 13.8 Å². The van der Waals surface area contributed by atoms with Gasteiger partial charge in [0.15, 0.2) is 0 Å². The van der Waals surface area contributed by atoms with Crippen LogP contribution < -0.4 is 0 Å². The van der Waals surface area contributed by atoms with Crippen LogP contribution in [0.3, 0.4) is 0 Å². The third-order valence-electron chi connectivity index (χ3n) is 3.38. The van der Waals surface area contributed by atoms with Gasteiger partial charge in [-0.25, -0.2) is 4.79 Å². The average molecular weight is 228 g/mol. The fourth-order valence-electron chi connectivity index (χ4n) is 2.13. The van der Waals surface area contributed by atoms with Crippen molar-refractivity contribution in [2.45, 2.75) is 70.8 Å². The van der Waals surface area contributed by atoms with E-state index in [0.29, 0.717) is 6.61 Å². The fraction of sp³-hybridized carbons (Fsp3) is 0.923. The summed E-state index contributed by atoms with van der Waals surface area (Å²) in [4.78, 5) is 10.9. The lowest BCUT2D eigenvalue weighted by atomic mass is 9.94. The number of ether oxygens (including phenoxy) is 2. The molecule has 94 valence electrons. The minimum atomic E-state index is -0.493. The van der Waals surface area contributed by atoms with Gasteiger partial charge >= 0.3 is 6.16 Å². The summed E-state index contributed by atoms with van der Waals surface area (Å²) in [6, 6.07) is 0. The Labute approximate surface area is 98.5 Å². The van der Waals surface area contributed by atoms with Crippen LogP contribution in [0.15, 0.2) is 0 Å². The van der Waals surface area contributed by atoms with Gasteiger partial charge in [0.25, 0.3) is 0 Å². The van der Waals surface area contributed by atoms with Crippen LogP contribution in [0.2, 0.25) is 0 Å². The van der Waals surface area contributed by atoms with Crippen molar-refractivity contribution in [3.63, 3.8) is 0 Å². The number of carbonyl (C=O) groups is 1. The molecule has 0 radical (unpaired) electrons. The largest absolute Gasteiger partial charge is 0.509 e. The zero-order chi connectivity index (χ0) is 11.9. The number of hydrogen-bond donors (Lipinski definition) is 0. The smallest absolute Gasteiger partial charge is 0.430 e. The maximum Gasteiger partial charge on any atom is 0.509 e. The first-order valence-corrected chi connectivity index (χ1v) is 6.58. The van der Waals surface area contributed by atoms with Crippen LogP contribution in [0.1, 0.15) is 65.2 Å². The fourth-order valence-corrected chi connectivity index (χ4v) is 2.13. The highest BCUT2D eigenvalue weighted by Gasteiger charge is 2.39. The Morgan fingerprint density at radius 1 is 1.12 bits per heavy atom. The summed E-state index contributed by atoms with van der Waals surface area (Å²) in [5, 5.41) is 0. The Morgan fingerprint density at radius 2 is 1.81 bits per heavy atom. The molecular weight excluding hydrogens is 204 g/mol. The van der Waals surface area contributed by atoms with Crippen molar-refractivity contribution >= 4 is 6.16 Å². The van der Waals surface area contributed by atoms with E-state index in [1.54, 1.807) is 0 Å². The maximum atomic E-state index is 10.9. The molecule has 0 aromatic heterocycles. The highest BCUT2D eigenvalue weighted by atomic mass is 16.8. The molecule has 1 aliphatic rings. The minimum absolute atomic E-state index is 0.318. The van der Waals surface area contributed by atoms with E-state index in [1.165, 1.54) is 32.1 Å². The second-order valence-electron chi connectivity index (χ2n) is 4.70. The van der Waals surface area contributed by atoms with Crippen molar-refractivity contribution < 1.29 is 14.3 Å². The number of rotatable bonds is 8. The summed E-state index contributed by atoms with van der Waals surface area (Å²) >= 11 is 0. The van der Waals surface area contributed by atoms with Gasteiger partial charge in [0.05, 0.1) is 0 Å². The zero-order valence-corrected chi connectivity index (χ0v) is 10.6. The topological polar surface area (TPSA) is 35.5 Å². The molecule has 0 aromatic carbocycles. The van der Waals surface area contributed by atoms with Crippen LogP contribution in [-0.4, -0.2) is 18.4 Å². The molecule has 1 unspecified atom stereocenters. The summed E-state index contributed by atoms with van der Waals surface area (Å²) in [5.41, 5.74) is -0.318.